The van der Waals surface area contributed by atoms with Crippen LogP contribution in [-0.4, -0.2) is 41.4 Å². The summed E-state index contributed by atoms with van der Waals surface area (Å²) in [7, 11) is 3.13. The molecule has 0 saturated carbocycles. The van der Waals surface area contributed by atoms with Crippen molar-refractivity contribution in [2.45, 2.75) is 25.9 Å². The number of aryl methyl sites for hydroxylation is 1. The Morgan fingerprint density at radius 3 is 2.48 bits per heavy atom. The average Bonchev–Trinajstić information content (AvgIpc) is 3.45. The lowest BCUT2D eigenvalue weighted by molar-refractivity contribution is -0.119. The molecule has 5 rings (SSSR count). The highest BCUT2D eigenvalue weighted by Crippen LogP contribution is 2.44. The number of methoxy groups -OCH3 is 2. The third-order valence-corrected chi connectivity index (χ3v) is 7.63. The largest absolute Gasteiger partial charge is 0.497 e. The zero-order chi connectivity index (χ0) is 28.4. The van der Waals surface area contributed by atoms with E-state index in [1.54, 1.807) is 19.4 Å². The summed E-state index contributed by atoms with van der Waals surface area (Å²) < 4.78 is 12.5. The highest BCUT2D eigenvalue weighted by atomic mass is 35.5. The second-order valence-corrected chi connectivity index (χ2v) is 10.3. The Kier molecular flexibility index (Phi) is 8.07. The van der Waals surface area contributed by atoms with Crippen LogP contribution in [-0.2, 0) is 9.53 Å². The number of thiocarbonyl (C=S) groups is 1. The van der Waals surface area contributed by atoms with Crippen molar-refractivity contribution in [1.82, 2.24) is 14.9 Å². The Bertz CT molecular complexity index is 1540. The quantitative estimate of drug-likeness (QED) is 0.253. The van der Waals surface area contributed by atoms with E-state index in [1.807, 2.05) is 54.6 Å². The first-order valence-electron chi connectivity index (χ1n) is 12.7. The van der Waals surface area contributed by atoms with Crippen molar-refractivity contribution < 1.29 is 14.3 Å². The Morgan fingerprint density at radius 2 is 1.82 bits per heavy atom. The molecule has 8 nitrogen and oxygen atoms in total. The van der Waals surface area contributed by atoms with Gasteiger partial charge in [-0.25, -0.2) is 0 Å². The van der Waals surface area contributed by atoms with Gasteiger partial charge in [0.2, 0.25) is 5.91 Å². The van der Waals surface area contributed by atoms with Gasteiger partial charge in [0.25, 0.3) is 0 Å². The Labute approximate surface area is 243 Å². The molecule has 206 valence electrons. The molecule has 10 heteroatoms. The van der Waals surface area contributed by atoms with E-state index in [-0.39, 0.29) is 24.6 Å². The molecule has 0 aliphatic carbocycles. The van der Waals surface area contributed by atoms with E-state index < -0.39 is 0 Å². The van der Waals surface area contributed by atoms with E-state index in [2.05, 4.69) is 45.0 Å². The van der Waals surface area contributed by atoms with Crippen LogP contribution in [0.5, 0.6) is 5.75 Å². The molecule has 2 atom stereocenters. The van der Waals surface area contributed by atoms with Crippen molar-refractivity contribution in [1.29, 1.82) is 0 Å². The molecule has 0 radical (unpaired) electrons. The minimum atomic E-state index is -0.283. The standard InChI is InChI=1S/C30H30ClN5O3S/c1-18-15-23(19(2)35(18)20-8-11-22(39-4)12-9-20)29-28(26-7-5-6-14-32-26)34-30(40)36(29)21-10-13-25(24(31)16-21)33-27(37)17-38-3/h5-16,28-29H,17H2,1-4H3,(H,33,37)(H,34,40)/t28-,29+/m1/s1. The predicted molar refractivity (Wildman–Crippen MR) is 162 cm³/mol. The summed E-state index contributed by atoms with van der Waals surface area (Å²) in [5.41, 5.74) is 6.48. The van der Waals surface area contributed by atoms with Gasteiger partial charge in [0.15, 0.2) is 5.11 Å². The van der Waals surface area contributed by atoms with Gasteiger partial charge >= 0.3 is 0 Å². The molecular weight excluding hydrogens is 546 g/mol. The second kappa shape index (κ2) is 11.7. The molecule has 2 N–H and O–H groups in total. The fourth-order valence-corrected chi connectivity index (χ4v) is 5.81. The van der Waals surface area contributed by atoms with Gasteiger partial charge in [-0.2, -0.15) is 0 Å². The maximum absolute atomic E-state index is 12.1. The molecule has 1 amide bonds. The SMILES string of the molecule is COCC(=O)Nc1ccc(N2C(=S)N[C@H](c3ccccn3)[C@@H]2c2cc(C)n(-c3ccc(OC)cc3)c2C)cc1Cl. The number of carbonyl (C=O) groups excluding carboxylic acids is 1. The van der Waals surface area contributed by atoms with Crippen LogP contribution in [0.25, 0.3) is 5.69 Å². The molecule has 4 aromatic rings. The number of rotatable bonds is 8. The van der Waals surface area contributed by atoms with Gasteiger partial charge in [0.05, 0.1) is 35.6 Å². The second-order valence-electron chi connectivity index (χ2n) is 9.50. The third-order valence-electron chi connectivity index (χ3n) is 7.00. The van der Waals surface area contributed by atoms with Crippen molar-refractivity contribution in [3.8, 4) is 11.4 Å². The van der Waals surface area contributed by atoms with Crippen LogP contribution >= 0.6 is 23.8 Å². The normalized spacial score (nSPS) is 16.6. The van der Waals surface area contributed by atoms with Gasteiger partial charge in [-0.3, -0.25) is 9.78 Å². The minimum absolute atomic E-state index is 0.0597. The first kappa shape index (κ1) is 27.6. The summed E-state index contributed by atoms with van der Waals surface area (Å²) in [5, 5.41) is 7.23. The van der Waals surface area contributed by atoms with Crippen LogP contribution in [0.4, 0.5) is 11.4 Å². The number of amides is 1. The zero-order valence-electron chi connectivity index (χ0n) is 22.6. The maximum atomic E-state index is 12.1. The number of aromatic nitrogens is 2. The van der Waals surface area contributed by atoms with Crippen LogP contribution < -0.4 is 20.3 Å². The van der Waals surface area contributed by atoms with Crippen molar-refractivity contribution >= 4 is 46.2 Å². The van der Waals surface area contributed by atoms with Gasteiger partial charge in [0.1, 0.15) is 12.4 Å². The van der Waals surface area contributed by atoms with Crippen LogP contribution in [0.1, 0.15) is 34.7 Å². The summed E-state index contributed by atoms with van der Waals surface area (Å²) >= 11 is 12.5. The fraction of sp³-hybridized carbons (Fsp3) is 0.233. The van der Waals surface area contributed by atoms with Crippen molar-refractivity contribution in [3.63, 3.8) is 0 Å². The number of pyridine rings is 1. The van der Waals surface area contributed by atoms with Gasteiger partial charge in [-0.15, -0.1) is 0 Å². The van der Waals surface area contributed by atoms with Gasteiger partial charge in [0, 0.05) is 36.1 Å². The predicted octanol–water partition coefficient (Wildman–Crippen LogP) is 5.91. The number of ether oxygens (including phenoxy) is 2. The van der Waals surface area contributed by atoms with E-state index >= 15 is 0 Å². The number of hydrogen-bond acceptors (Lipinski definition) is 5. The van der Waals surface area contributed by atoms with E-state index in [9.17, 15) is 4.79 Å². The van der Waals surface area contributed by atoms with Gasteiger partial charge in [-0.05, 0) is 92.3 Å². The Hall–Kier alpha value is -3.92. The summed E-state index contributed by atoms with van der Waals surface area (Å²) in [6.45, 7) is 4.15. The van der Waals surface area contributed by atoms with Gasteiger partial charge in [-0.1, -0.05) is 17.7 Å². The molecule has 0 bridgehead atoms. The molecular formula is C30H30ClN5O3S. The molecule has 40 heavy (non-hydrogen) atoms. The van der Waals surface area contributed by atoms with Crippen LogP contribution in [0.15, 0.2) is 72.9 Å². The molecule has 2 aromatic carbocycles. The third kappa shape index (κ3) is 5.28. The summed E-state index contributed by atoms with van der Waals surface area (Å²) in [6, 6.07) is 21.1. The van der Waals surface area contributed by atoms with Crippen LogP contribution in [0.3, 0.4) is 0 Å². The maximum Gasteiger partial charge on any atom is 0.250 e. The zero-order valence-corrected chi connectivity index (χ0v) is 24.2. The molecule has 0 spiro atoms. The van der Waals surface area contributed by atoms with Crippen LogP contribution in [0.2, 0.25) is 5.02 Å². The number of nitrogens with zero attached hydrogens (tertiary/aromatic N) is 3. The lowest BCUT2D eigenvalue weighted by atomic mass is 9.96. The van der Waals surface area contributed by atoms with Crippen molar-refractivity contribution in [2.24, 2.45) is 0 Å². The van der Waals surface area contributed by atoms with E-state index in [0.29, 0.717) is 15.8 Å². The Balaban J connectivity index is 1.59. The highest BCUT2D eigenvalue weighted by Gasteiger charge is 2.42. The number of nitrogens with one attached hydrogen (secondary N) is 2. The van der Waals surface area contributed by atoms with E-state index in [0.717, 1.165) is 39.8 Å². The lowest BCUT2D eigenvalue weighted by Gasteiger charge is -2.28. The smallest absolute Gasteiger partial charge is 0.250 e. The molecule has 1 aliphatic heterocycles. The average molecular weight is 576 g/mol. The Morgan fingerprint density at radius 1 is 1.07 bits per heavy atom. The van der Waals surface area contributed by atoms with E-state index in [1.165, 1.54) is 7.11 Å². The topological polar surface area (TPSA) is 80.7 Å². The van der Waals surface area contributed by atoms with Crippen molar-refractivity contribution in [3.05, 3.63) is 101 Å². The number of carbonyl (C=O) groups is 1. The number of halogens is 1. The fourth-order valence-electron chi connectivity index (χ4n) is 5.24. The highest BCUT2D eigenvalue weighted by molar-refractivity contribution is 7.80. The van der Waals surface area contributed by atoms with Crippen molar-refractivity contribution in [2.75, 3.05) is 31.0 Å². The molecule has 0 unspecified atom stereocenters. The molecule has 3 heterocycles. The molecule has 2 aromatic heterocycles. The first-order chi connectivity index (χ1) is 19.3. The first-order valence-corrected chi connectivity index (χ1v) is 13.5. The minimum Gasteiger partial charge on any atom is -0.497 e. The molecule has 1 aliphatic rings. The van der Waals surface area contributed by atoms with Gasteiger partial charge < -0.3 is 29.6 Å². The number of benzene rings is 2. The number of hydrogen-bond donors (Lipinski definition) is 2. The summed E-state index contributed by atoms with van der Waals surface area (Å²) in [6.07, 6.45) is 1.79. The lowest BCUT2D eigenvalue weighted by Crippen LogP contribution is -2.29. The summed E-state index contributed by atoms with van der Waals surface area (Å²) in [4.78, 5) is 18.8. The monoisotopic (exact) mass is 575 g/mol. The van der Waals surface area contributed by atoms with E-state index in [4.69, 9.17) is 33.3 Å². The number of anilines is 2. The molecule has 1 saturated heterocycles. The molecule has 1 fully saturated rings. The summed E-state index contributed by atoms with van der Waals surface area (Å²) in [5.74, 6) is 0.520. The van der Waals surface area contributed by atoms with Crippen LogP contribution in [0, 0.1) is 13.8 Å².